The molecule has 1 fully saturated rings. The first-order chi connectivity index (χ1) is 9.69. The second-order valence-electron chi connectivity index (χ2n) is 5.11. The van der Waals surface area contributed by atoms with Crippen LogP contribution in [0.2, 0.25) is 0 Å². The van der Waals surface area contributed by atoms with Crippen LogP contribution in [-0.2, 0) is 4.79 Å². The molecule has 124 valence electrons. The SMILES string of the molecule is CCCNC(=O)CCNC(=NC)NC1CCC(SC)C1.I. The summed E-state index contributed by atoms with van der Waals surface area (Å²) < 4.78 is 0. The third kappa shape index (κ3) is 8.75. The lowest BCUT2D eigenvalue weighted by Gasteiger charge is -2.17. The van der Waals surface area contributed by atoms with E-state index in [1.54, 1.807) is 7.05 Å². The van der Waals surface area contributed by atoms with E-state index in [2.05, 4.69) is 27.2 Å². The Morgan fingerprint density at radius 2 is 2.05 bits per heavy atom. The first kappa shape index (κ1) is 20.8. The second-order valence-corrected chi connectivity index (χ2v) is 6.25. The maximum absolute atomic E-state index is 11.5. The molecule has 1 amide bonds. The van der Waals surface area contributed by atoms with Gasteiger partial charge in [-0.2, -0.15) is 11.8 Å². The van der Waals surface area contributed by atoms with Gasteiger partial charge < -0.3 is 16.0 Å². The Kier molecular flexibility index (Phi) is 12.3. The minimum Gasteiger partial charge on any atom is -0.356 e. The van der Waals surface area contributed by atoms with Gasteiger partial charge in [-0.1, -0.05) is 6.92 Å². The standard InChI is InChI=1S/C14H28N4OS.HI/c1-4-8-16-13(19)7-9-17-14(15-2)18-11-5-6-12(10-11)20-3;/h11-12H,4-10H2,1-3H3,(H,16,19)(H2,15,17,18);1H. The molecule has 0 saturated heterocycles. The van der Waals surface area contributed by atoms with Crippen molar-refractivity contribution in [3.63, 3.8) is 0 Å². The highest BCUT2D eigenvalue weighted by molar-refractivity contribution is 14.0. The molecule has 0 radical (unpaired) electrons. The Hall–Kier alpha value is -0.180. The number of carbonyl (C=O) groups excluding carboxylic acids is 1. The Bertz CT molecular complexity index is 328. The molecule has 21 heavy (non-hydrogen) atoms. The Balaban J connectivity index is 0.00000400. The highest BCUT2D eigenvalue weighted by Crippen LogP contribution is 2.27. The van der Waals surface area contributed by atoms with E-state index in [1.807, 2.05) is 18.7 Å². The molecular weight excluding hydrogens is 399 g/mol. The van der Waals surface area contributed by atoms with Crippen LogP contribution in [-0.4, -0.2) is 49.6 Å². The van der Waals surface area contributed by atoms with E-state index < -0.39 is 0 Å². The number of hydrogen-bond donors (Lipinski definition) is 3. The van der Waals surface area contributed by atoms with E-state index in [4.69, 9.17) is 0 Å². The fourth-order valence-corrected chi connectivity index (χ4v) is 3.12. The first-order valence-electron chi connectivity index (χ1n) is 7.46. The van der Waals surface area contributed by atoms with Gasteiger partial charge in [-0.15, -0.1) is 24.0 Å². The number of thioether (sulfide) groups is 1. The van der Waals surface area contributed by atoms with E-state index in [0.717, 1.165) is 24.2 Å². The fourth-order valence-electron chi connectivity index (χ4n) is 2.32. The van der Waals surface area contributed by atoms with Gasteiger partial charge in [-0.05, 0) is 31.9 Å². The fraction of sp³-hybridized carbons (Fsp3) is 0.857. The third-order valence-corrected chi connectivity index (χ3v) is 4.59. The van der Waals surface area contributed by atoms with Crippen molar-refractivity contribution in [3.05, 3.63) is 0 Å². The Morgan fingerprint density at radius 3 is 2.62 bits per heavy atom. The molecule has 0 aromatic carbocycles. The lowest BCUT2D eigenvalue weighted by Crippen LogP contribution is -2.43. The number of carbonyl (C=O) groups is 1. The number of nitrogens with one attached hydrogen (secondary N) is 3. The molecule has 0 aliphatic heterocycles. The van der Waals surface area contributed by atoms with Gasteiger partial charge in [0.1, 0.15) is 0 Å². The number of rotatable bonds is 7. The molecule has 1 rings (SSSR count). The van der Waals surface area contributed by atoms with E-state index in [-0.39, 0.29) is 29.9 Å². The van der Waals surface area contributed by atoms with Crippen LogP contribution in [0.3, 0.4) is 0 Å². The van der Waals surface area contributed by atoms with Crippen LogP contribution in [0.15, 0.2) is 4.99 Å². The predicted octanol–water partition coefficient (Wildman–Crippen LogP) is 1.97. The highest BCUT2D eigenvalue weighted by Gasteiger charge is 2.24. The maximum Gasteiger partial charge on any atom is 0.221 e. The van der Waals surface area contributed by atoms with Crippen molar-refractivity contribution in [1.82, 2.24) is 16.0 Å². The Morgan fingerprint density at radius 1 is 1.29 bits per heavy atom. The van der Waals surface area contributed by atoms with Gasteiger partial charge in [0.2, 0.25) is 5.91 Å². The van der Waals surface area contributed by atoms with Crippen LogP contribution in [0.1, 0.15) is 39.0 Å². The Labute approximate surface area is 149 Å². The van der Waals surface area contributed by atoms with Gasteiger partial charge in [0, 0.05) is 37.8 Å². The lowest BCUT2D eigenvalue weighted by molar-refractivity contribution is -0.120. The zero-order chi connectivity index (χ0) is 14.8. The molecule has 1 aliphatic carbocycles. The molecule has 5 nitrogen and oxygen atoms in total. The third-order valence-electron chi connectivity index (χ3n) is 3.50. The largest absolute Gasteiger partial charge is 0.356 e. The molecular formula is C14H29IN4OS. The van der Waals surface area contributed by atoms with Gasteiger partial charge in [-0.25, -0.2) is 0 Å². The summed E-state index contributed by atoms with van der Waals surface area (Å²) in [5, 5.41) is 10.3. The number of halogens is 1. The molecule has 2 atom stereocenters. The van der Waals surface area contributed by atoms with Crippen molar-refractivity contribution < 1.29 is 4.79 Å². The summed E-state index contributed by atoms with van der Waals surface area (Å²) in [5.74, 6) is 0.901. The number of aliphatic imine (C=N–C) groups is 1. The zero-order valence-electron chi connectivity index (χ0n) is 13.3. The average Bonchev–Trinajstić information content (AvgIpc) is 2.91. The van der Waals surface area contributed by atoms with Gasteiger partial charge in [0.05, 0.1) is 0 Å². The molecule has 2 unspecified atom stereocenters. The van der Waals surface area contributed by atoms with E-state index in [0.29, 0.717) is 19.0 Å². The molecule has 0 aromatic rings. The van der Waals surface area contributed by atoms with Gasteiger partial charge in [0.25, 0.3) is 0 Å². The molecule has 7 heteroatoms. The quantitative estimate of drug-likeness (QED) is 0.330. The van der Waals surface area contributed by atoms with Crippen LogP contribution in [0.5, 0.6) is 0 Å². The zero-order valence-corrected chi connectivity index (χ0v) is 16.4. The van der Waals surface area contributed by atoms with Crippen LogP contribution in [0.4, 0.5) is 0 Å². The van der Waals surface area contributed by atoms with Crippen molar-refractivity contribution in [3.8, 4) is 0 Å². The van der Waals surface area contributed by atoms with Crippen molar-refractivity contribution in [2.24, 2.45) is 4.99 Å². The monoisotopic (exact) mass is 428 g/mol. The first-order valence-corrected chi connectivity index (χ1v) is 8.75. The summed E-state index contributed by atoms with van der Waals surface area (Å²) in [6.07, 6.45) is 7.30. The molecule has 0 heterocycles. The minimum absolute atomic E-state index is 0. The van der Waals surface area contributed by atoms with Crippen molar-refractivity contribution in [2.45, 2.75) is 50.3 Å². The summed E-state index contributed by atoms with van der Waals surface area (Å²) in [6.45, 7) is 3.42. The van der Waals surface area contributed by atoms with E-state index in [9.17, 15) is 4.79 Å². The van der Waals surface area contributed by atoms with Crippen LogP contribution < -0.4 is 16.0 Å². The summed E-state index contributed by atoms with van der Waals surface area (Å²) in [4.78, 5) is 15.7. The molecule has 1 aliphatic rings. The van der Waals surface area contributed by atoms with Crippen LogP contribution >= 0.6 is 35.7 Å². The number of amides is 1. The molecule has 0 spiro atoms. The highest BCUT2D eigenvalue weighted by atomic mass is 127. The van der Waals surface area contributed by atoms with Crippen molar-refractivity contribution >= 4 is 47.6 Å². The number of nitrogens with zero attached hydrogens (tertiary/aromatic N) is 1. The summed E-state index contributed by atoms with van der Waals surface area (Å²) in [6, 6.07) is 0.507. The van der Waals surface area contributed by atoms with E-state index >= 15 is 0 Å². The minimum atomic E-state index is 0. The molecule has 1 saturated carbocycles. The van der Waals surface area contributed by atoms with E-state index in [1.165, 1.54) is 19.3 Å². The molecule has 0 bridgehead atoms. The predicted molar refractivity (Wildman–Crippen MR) is 103 cm³/mol. The molecule has 3 N–H and O–H groups in total. The van der Waals surface area contributed by atoms with Gasteiger partial charge in [0.15, 0.2) is 5.96 Å². The topological polar surface area (TPSA) is 65.5 Å². The maximum atomic E-state index is 11.5. The van der Waals surface area contributed by atoms with Crippen LogP contribution in [0, 0.1) is 0 Å². The second kappa shape index (κ2) is 12.4. The van der Waals surface area contributed by atoms with Gasteiger partial charge >= 0.3 is 0 Å². The summed E-state index contributed by atoms with van der Waals surface area (Å²) in [7, 11) is 1.77. The van der Waals surface area contributed by atoms with Crippen molar-refractivity contribution in [1.29, 1.82) is 0 Å². The lowest BCUT2D eigenvalue weighted by atomic mass is 10.2. The summed E-state index contributed by atoms with van der Waals surface area (Å²) in [5.41, 5.74) is 0. The average molecular weight is 428 g/mol. The number of guanidine groups is 1. The normalized spacial score (nSPS) is 21.6. The summed E-state index contributed by atoms with van der Waals surface area (Å²) >= 11 is 1.95. The van der Waals surface area contributed by atoms with Gasteiger partial charge in [-0.3, -0.25) is 9.79 Å². The smallest absolute Gasteiger partial charge is 0.221 e. The van der Waals surface area contributed by atoms with Crippen LogP contribution in [0.25, 0.3) is 0 Å². The number of hydrogen-bond acceptors (Lipinski definition) is 3. The van der Waals surface area contributed by atoms with Crippen molar-refractivity contribution in [2.75, 3.05) is 26.4 Å². The molecule has 0 aromatic heterocycles.